The molecule has 0 bridgehead atoms. The van der Waals surface area contributed by atoms with Crippen LogP contribution in [-0.4, -0.2) is 23.3 Å². The number of aromatic nitrogens is 1. The van der Waals surface area contributed by atoms with E-state index in [0.717, 1.165) is 16.8 Å². The first-order valence-electron chi connectivity index (χ1n) is 7.68. The van der Waals surface area contributed by atoms with Crippen molar-refractivity contribution in [1.29, 1.82) is 0 Å². The van der Waals surface area contributed by atoms with Gasteiger partial charge >= 0.3 is 0 Å². The Bertz CT molecular complexity index is 715. The maximum atomic E-state index is 12.3. The highest BCUT2D eigenvalue weighted by Crippen LogP contribution is 2.27. The number of aryl methyl sites for hydroxylation is 1. The SMILES string of the molecule is Cc1ccccc1N1CC(C(=O)NCc2ccncc2)CC1=O. The van der Waals surface area contributed by atoms with Crippen LogP contribution in [-0.2, 0) is 16.1 Å². The van der Waals surface area contributed by atoms with Crippen LogP contribution in [0, 0.1) is 12.8 Å². The van der Waals surface area contributed by atoms with Crippen molar-refractivity contribution in [3.8, 4) is 0 Å². The van der Waals surface area contributed by atoms with E-state index < -0.39 is 0 Å². The van der Waals surface area contributed by atoms with Gasteiger partial charge in [0.25, 0.3) is 0 Å². The summed E-state index contributed by atoms with van der Waals surface area (Å²) in [6, 6.07) is 11.5. The summed E-state index contributed by atoms with van der Waals surface area (Å²) in [6.45, 7) is 2.86. The molecule has 1 aliphatic heterocycles. The van der Waals surface area contributed by atoms with Gasteiger partial charge in [-0.15, -0.1) is 0 Å². The fourth-order valence-electron chi connectivity index (χ4n) is 2.82. The molecular weight excluding hydrogens is 290 g/mol. The van der Waals surface area contributed by atoms with E-state index in [1.807, 2.05) is 43.3 Å². The average Bonchev–Trinajstić information content (AvgIpc) is 2.96. The zero-order valence-electron chi connectivity index (χ0n) is 13.0. The highest BCUT2D eigenvalue weighted by Gasteiger charge is 2.35. The molecule has 23 heavy (non-hydrogen) atoms. The lowest BCUT2D eigenvalue weighted by atomic mass is 10.1. The summed E-state index contributed by atoms with van der Waals surface area (Å²) in [5, 5.41) is 2.90. The Labute approximate surface area is 135 Å². The number of pyridine rings is 1. The molecule has 0 radical (unpaired) electrons. The molecular formula is C18H19N3O2. The molecule has 1 N–H and O–H groups in total. The van der Waals surface area contributed by atoms with E-state index in [9.17, 15) is 9.59 Å². The summed E-state index contributed by atoms with van der Waals surface area (Å²) in [5.74, 6) is -0.376. The first-order chi connectivity index (χ1) is 11.1. The minimum absolute atomic E-state index is 0.00311. The van der Waals surface area contributed by atoms with Crippen LogP contribution in [0.15, 0.2) is 48.8 Å². The van der Waals surface area contributed by atoms with Crippen LogP contribution >= 0.6 is 0 Å². The molecule has 1 saturated heterocycles. The number of hydrogen-bond donors (Lipinski definition) is 1. The standard InChI is InChI=1S/C18H19N3O2/c1-13-4-2-3-5-16(13)21-12-15(10-17(21)22)18(23)20-11-14-6-8-19-9-7-14/h2-9,15H,10-12H2,1H3,(H,20,23). The van der Waals surface area contributed by atoms with Crippen LogP contribution < -0.4 is 10.2 Å². The van der Waals surface area contributed by atoms with Gasteiger partial charge in [-0.25, -0.2) is 0 Å². The van der Waals surface area contributed by atoms with E-state index in [4.69, 9.17) is 0 Å². The molecule has 3 rings (SSSR count). The van der Waals surface area contributed by atoms with Gasteiger partial charge in [-0.2, -0.15) is 0 Å². The van der Waals surface area contributed by atoms with Gasteiger partial charge in [0.2, 0.25) is 11.8 Å². The van der Waals surface area contributed by atoms with Crippen molar-refractivity contribution in [2.24, 2.45) is 5.92 Å². The lowest BCUT2D eigenvalue weighted by molar-refractivity contribution is -0.126. The second-order valence-corrected chi connectivity index (χ2v) is 5.77. The fraction of sp³-hybridized carbons (Fsp3) is 0.278. The Morgan fingerprint density at radius 3 is 2.74 bits per heavy atom. The van der Waals surface area contributed by atoms with Crippen LogP contribution in [0.25, 0.3) is 0 Å². The van der Waals surface area contributed by atoms with E-state index in [2.05, 4.69) is 10.3 Å². The molecule has 2 heterocycles. The number of hydrogen-bond acceptors (Lipinski definition) is 3. The van der Waals surface area contributed by atoms with Crippen molar-refractivity contribution < 1.29 is 9.59 Å². The van der Waals surface area contributed by atoms with Gasteiger partial charge in [-0.05, 0) is 36.2 Å². The number of benzene rings is 1. The van der Waals surface area contributed by atoms with Crippen molar-refractivity contribution in [3.05, 3.63) is 59.9 Å². The number of rotatable bonds is 4. The minimum atomic E-state index is -0.302. The van der Waals surface area contributed by atoms with Gasteiger partial charge < -0.3 is 10.2 Å². The summed E-state index contributed by atoms with van der Waals surface area (Å²) in [7, 11) is 0. The quantitative estimate of drug-likeness (QED) is 0.940. The van der Waals surface area contributed by atoms with Crippen LogP contribution in [0.3, 0.4) is 0 Å². The Kier molecular flexibility index (Phi) is 4.37. The van der Waals surface area contributed by atoms with Crippen molar-refractivity contribution in [2.75, 3.05) is 11.4 Å². The number of carbonyl (C=O) groups is 2. The molecule has 1 aromatic carbocycles. The Morgan fingerprint density at radius 2 is 2.00 bits per heavy atom. The van der Waals surface area contributed by atoms with Crippen LogP contribution in [0.5, 0.6) is 0 Å². The van der Waals surface area contributed by atoms with Gasteiger partial charge in [-0.3, -0.25) is 14.6 Å². The maximum Gasteiger partial charge on any atom is 0.227 e. The van der Waals surface area contributed by atoms with E-state index in [1.54, 1.807) is 17.3 Å². The van der Waals surface area contributed by atoms with E-state index in [1.165, 1.54) is 0 Å². The monoisotopic (exact) mass is 309 g/mol. The van der Waals surface area contributed by atoms with Gasteiger partial charge in [0, 0.05) is 37.6 Å². The van der Waals surface area contributed by atoms with E-state index >= 15 is 0 Å². The Balaban J connectivity index is 1.63. The molecule has 1 fully saturated rings. The topological polar surface area (TPSA) is 62.3 Å². The van der Waals surface area contributed by atoms with Gasteiger partial charge in [0.05, 0.1) is 5.92 Å². The molecule has 0 saturated carbocycles. The third-order valence-electron chi connectivity index (χ3n) is 4.12. The Morgan fingerprint density at radius 1 is 1.26 bits per heavy atom. The molecule has 2 amide bonds. The molecule has 1 aliphatic rings. The fourth-order valence-corrected chi connectivity index (χ4v) is 2.82. The second-order valence-electron chi connectivity index (χ2n) is 5.77. The summed E-state index contributed by atoms with van der Waals surface area (Å²) in [6.07, 6.45) is 3.65. The molecule has 5 heteroatoms. The highest BCUT2D eigenvalue weighted by molar-refractivity contribution is 6.00. The zero-order valence-corrected chi connectivity index (χ0v) is 13.0. The van der Waals surface area contributed by atoms with E-state index in [-0.39, 0.29) is 24.2 Å². The van der Waals surface area contributed by atoms with E-state index in [0.29, 0.717) is 13.1 Å². The summed E-state index contributed by atoms with van der Waals surface area (Å²) in [4.78, 5) is 30.2. The predicted molar refractivity (Wildman–Crippen MR) is 87.7 cm³/mol. The zero-order chi connectivity index (χ0) is 16.2. The molecule has 0 aliphatic carbocycles. The van der Waals surface area contributed by atoms with Crippen LogP contribution in [0.4, 0.5) is 5.69 Å². The maximum absolute atomic E-state index is 12.3. The first-order valence-corrected chi connectivity index (χ1v) is 7.68. The second kappa shape index (κ2) is 6.60. The minimum Gasteiger partial charge on any atom is -0.352 e. The summed E-state index contributed by atoms with van der Waals surface area (Å²) >= 11 is 0. The first kappa shape index (κ1) is 15.2. The third-order valence-corrected chi connectivity index (χ3v) is 4.12. The lowest BCUT2D eigenvalue weighted by Crippen LogP contribution is -2.32. The van der Waals surface area contributed by atoms with Crippen molar-refractivity contribution in [1.82, 2.24) is 10.3 Å². The van der Waals surface area contributed by atoms with Crippen molar-refractivity contribution in [2.45, 2.75) is 19.9 Å². The number of nitrogens with one attached hydrogen (secondary N) is 1. The normalized spacial score (nSPS) is 17.3. The molecule has 5 nitrogen and oxygen atoms in total. The number of amides is 2. The molecule has 1 unspecified atom stereocenters. The molecule has 118 valence electrons. The molecule has 1 atom stereocenters. The van der Waals surface area contributed by atoms with Crippen molar-refractivity contribution >= 4 is 17.5 Å². The van der Waals surface area contributed by atoms with Gasteiger partial charge in [-0.1, -0.05) is 18.2 Å². The Hall–Kier alpha value is -2.69. The number of para-hydroxylation sites is 1. The third kappa shape index (κ3) is 3.39. The van der Waals surface area contributed by atoms with Crippen LogP contribution in [0.1, 0.15) is 17.5 Å². The van der Waals surface area contributed by atoms with Crippen LogP contribution in [0.2, 0.25) is 0 Å². The lowest BCUT2D eigenvalue weighted by Gasteiger charge is -2.19. The number of nitrogens with zero attached hydrogens (tertiary/aromatic N) is 2. The smallest absolute Gasteiger partial charge is 0.227 e. The molecule has 0 spiro atoms. The largest absolute Gasteiger partial charge is 0.352 e. The summed E-state index contributed by atoms with van der Waals surface area (Å²) < 4.78 is 0. The molecule has 1 aromatic heterocycles. The van der Waals surface area contributed by atoms with Gasteiger partial charge in [0.1, 0.15) is 0 Å². The molecule has 2 aromatic rings. The number of carbonyl (C=O) groups excluding carboxylic acids is 2. The van der Waals surface area contributed by atoms with Gasteiger partial charge in [0.15, 0.2) is 0 Å². The predicted octanol–water partition coefficient (Wildman–Crippen LogP) is 2.06. The summed E-state index contributed by atoms with van der Waals surface area (Å²) in [5.41, 5.74) is 2.93. The highest BCUT2D eigenvalue weighted by atomic mass is 16.2. The number of anilines is 1. The van der Waals surface area contributed by atoms with Crippen molar-refractivity contribution in [3.63, 3.8) is 0 Å². The average molecular weight is 309 g/mol.